The van der Waals surface area contributed by atoms with Gasteiger partial charge in [-0.05, 0) is 33.1 Å². The topological polar surface area (TPSA) is 98.7 Å². The van der Waals surface area contributed by atoms with Crippen LogP contribution in [0.5, 0.6) is 0 Å². The highest BCUT2D eigenvalue weighted by molar-refractivity contribution is 5.84. The van der Waals surface area contributed by atoms with Gasteiger partial charge in [0.1, 0.15) is 0 Å². The Bertz CT molecular complexity index is 411. The van der Waals surface area contributed by atoms with E-state index in [2.05, 4.69) is 10.6 Å². The Morgan fingerprint density at radius 3 is 2.52 bits per heavy atom. The first-order chi connectivity index (χ1) is 9.80. The Labute approximate surface area is 125 Å². The zero-order valence-corrected chi connectivity index (χ0v) is 12.9. The number of carboxylic acids is 1. The quantitative estimate of drug-likeness (QED) is 0.699. The number of rotatable bonds is 5. The number of carbonyl (C=O) groups excluding carboxylic acids is 2. The van der Waals surface area contributed by atoms with Gasteiger partial charge in [0.2, 0.25) is 5.91 Å². The summed E-state index contributed by atoms with van der Waals surface area (Å²) in [5.41, 5.74) is -0.865. The summed E-state index contributed by atoms with van der Waals surface area (Å²) in [6, 6.07) is -0.364. The van der Waals surface area contributed by atoms with Crippen molar-refractivity contribution >= 4 is 17.9 Å². The maximum absolute atomic E-state index is 12.1. The third-order valence-corrected chi connectivity index (χ3v) is 3.84. The van der Waals surface area contributed by atoms with Crippen LogP contribution in [0.3, 0.4) is 0 Å². The Balaban J connectivity index is 2.54. The van der Waals surface area contributed by atoms with Crippen LogP contribution >= 0.6 is 0 Å². The van der Waals surface area contributed by atoms with Crippen LogP contribution in [0.25, 0.3) is 0 Å². The first-order valence-electron chi connectivity index (χ1n) is 7.36. The molecular weight excluding hydrogens is 274 g/mol. The molecule has 1 atom stereocenters. The van der Waals surface area contributed by atoms with E-state index in [1.165, 1.54) is 4.90 Å². The van der Waals surface area contributed by atoms with Gasteiger partial charge in [0, 0.05) is 19.1 Å². The molecule has 3 amide bonds. The molecule has 7 nitrogen and oxygen atoms in total. The summed E-state index contributed by atoms with van der Waals surface area (Å²) in [4.78, 5) is 36.5. The van der Waals surface area contributed by atoms with Crippen LogP contribution in [-0.2, 0) is 9.59 Å². The minimum Gasteiger partial charge on any atom is -0.481 e. The number of amides is 3. The summed E-state index contributed by atoms with van der Waals surface area (Å²) >= 11 is 0. The van der Waals surface area contributed by atoms with Gasteiger partial charge in [-0.1, -0.05) is 6.92 Å². The molecule has 0 aromatic carbocycles. The van der Waals surface area contributed by atoms with Gasteiger partial charge >= 0.3 is 12.0 Å². The van der Waals surface area contributed by atoms with Crippen molar-refractivity contribution in [3.63, 3.8) is 0 Å². The second-order valence-corrected chi connectivity index (χ2v) is 5.85. The molecule has 0 saturated carbocycles. The standard InChI is InChI=1S/C14H25N3O4/c1-4-14(12(19)20)6-5-7-17(9-14)13(21)15-8-11(18)16-10(2)3/h10H,4-9H2,1-3H3,(H,15,21)(H,16,18)(H,19,20). The van der Waals surface area contributed by atoms with Gasteiger partial charge in [-0.15, -0.1) is 0 Å². The van der Waals surface area contributed by atoms with E-state index in [1.54, 1.807) is 0 Å². The van der Waals surface area contributed by atoms with E-state index in [4.69, 9.17) is 0 Å². The summed E-state index contributed by atoms with van der Waals surface area (Å²) in [5.74, 6) is -1.12. The normalized spacial score (nSPS) is 22.0. The molecule has 3 N–H and O–H groups in total. The van der Waals surface area contributed by atoms with Crippen molar-refractivity contribution in [2.24, 2.45) is 5.41 Å². The Morgan fingerprint density at radius 1 is 1.33 bits per heavy atom. The van der Waals surface area contributed by atoms with Crippen molar-refractivity contribution in [2.45, 2.75) is 46.1 Å². The molecule has 1 unspecified atom stereocenters. The monoisotopic (exact) mass is 299 g/mol. The lowest BCUT2D eigenvalue weighted by Crippen LogP contribution is -2.53. The van der Waals surface area contributed by atoms with Crippen LogP contribution in [-0.4, -0.2) is 53.6 Å². The molecule has 0 aromatic rings. The number of aliphatic carboxylic acids is 1. The number of nitrogens with one attached hydrogen (secondary N) is 2. The Kier molecular flexibility index (Phi) is 5.99. The van der Waals surface area contributed by atoms with Gasteiger partial charge in [-0.25, -0.2) is 4.79 Å². The minimum absolute atomic E-state index is 0.0177. The molecule has 0 aliphatic carbocycles. The molecule has 21 heavy (non-hydrogen) atoms. The largest absolute Gasteiger partial charge is 0.481 e. The number of likely N-dealkylation sites (tertiary alicyclic amines) is 1. The van der Waals surface area contributed by atoms with E-state index >= 15 is 0 Å². The summed E-state index contributed by atoms with van der Waals surface area (Å²) in [6.07, 6.45) is 1.72. The van der Waals surface area contributed by atoms with Crippen LogP contribution in [0.2, 0.25) is 0 Å². The average molecular weight is 299 g/mol. The number of nitrogens with zero attached hydrogens (tertiary/aromatic N) is 1. The van der Waals surface area contributed by atoms with E-state index in [9.17, 15) is 19.5 Å². The highest BCUT2D eigenvalue weighted by atomic mass is 16.4. The van der Waals surface area contributed by atoms with Crippen molar-refractivity contribution in [1.29, 1.82) is 0 Å². The van der Waals surface area contributed by atoms with Crippen molar-refractivity contribution in [3.8, 4) is 0 Å². The molecule has 7 heteroatoms. The molecule has 1 aliphatic rings. The second-order valence-electron chi connectivity index (χ2n) is 5.85. The zero-order chi connectivity index (χ0) is 16.0. The van der Waals surface area contributed by atoms with Crippen LogP contribution in [0.4, 0.5) is 4.79 Å². The van der Waals surface area contributed by atoms with Gasteiger partial charge in [0.15, 0.2) is 0 Å². The molecule has 120 valence electrons. The molecule has 0 bridgehead atoms. The lowest BCUT2D eigenvalue weighted by atomic mass is 9.78. The molecule has 1 saturated heterocycles. The van der Waals surface area contributed by atoms with Crippen LogP contribution in [0.15, 0.2) is 0 Å². The van der Waals surface area contributed by atoms with Gasteiger partial charge in [0.25, 0.3) is 0 Å². The molecular formula is C14H25N3O4. The van der Waals surface area contributed by atoms with Gasteiger partial charge in [0.05, 0.1) is 12.0 Å². The third kappa shape index (κ3) is 4.61. The molecule has 0 aromatic heterocycles. The fraction of sp³-hybridized carbons (Fsp3) is 0.786. The first kappa shape index (κ1) is 17.3. The number of carboxylic acid groups (broad SMARTS) is 1. The molecule has 1 fully saturated rings. The van der Waals surface area contributed by atoms with Crippen molar-refractivity contribution in [1.82, 2.24) is 15.5 Å². The zero-order valence-electron chi connectivity index (χ0n) is 12.9. The van der Waals surface area contributed by atoms with Crippen molar-refractivity contribution in [2.75, 3.05) is 19.6 Å². The fourth-order valence-electron chi connectivity index (χ4n) is 2.56. The van der Waals surface area contributed by atoms with E-state index in [-0.39, 0.29) is 31.1 Å². The van der Waals surface area contributed by atoms with Gasteiger partial charge in [-0.3, -0.25) is 9.59 Å². The summed E-state index contributed by atoms with van der Waals surface area (Å²) in [5, 5.41) is 14.6. The summed E-state index contributed by atoms with van der Waals surface area (Å²) < 4.78 is 0. The van der Waals surface area contributed by atoms with E-state index < -0.39 is 11.4 Å². The SMILES string of the molecule is CCC1(C(=O)O)CCCN(C(=O)NCC(=O)NC(C)C)C1. The summed E-state index contributed by atoms with van der Waals surface area (Å²) in [6.45, 7) is 6.12. The van der Waals surface area contributed by atoms with Crippen LogP contribution < -0.4 is 10.6 Å². The van der Waals surface area contributed by atoms with Crippen molar-refractivity contribution < 1.29 is 19.5 Å². The third-order valence-electron chi connectivity index (χ3n) is 3.84. The molecule has 1 heterocycles. The minimum atomic E-state index is -0.865. The van der Waals surface area contributed by atoms with Crippen molar-refractivity contribution in [3.05, 3.63) is 0 Å². The van der Waals surface area contributed by atoms with Crippen LogP contribution in [0, 0.1) is 5.41 Å². The molecule has 0 spiro atoms. The number of carbonyl (C=O) groups is 3. The van der Waals surface area contributed by atoms with Gasteiger partial charge in [-0.2, -0.15) is 0 Å². The van der Waals surface area contributed by atoms with E-state index in [1.807, 2.05) is 20.8 Å². The lowest BCUT2D eigenvalue weighted by Gasteiger charge is -2.39. The Morgan fingerprint density at radius 2 is 2.00 bits per heavy atom. The predicted octanol–water partition coefficient (Wildman–Crippen LogP) is 0.797. The van der Waals surface area contributed by atoms with E-state index in [0.29, 0.717) is 25.8 Å². The maximum atomic E-state index is 12.1. The average Bonchev–Trinajstić information content (AvgIpc) is 2.43. The predicted molar refractivity (Wildman–Crippen MR) is 77.8 cm³/mol. The molecule has 0 radical (unpaired) electrons. The number of piperidine rings is 1. The maximum Gasteiger partial charge on any atom is 0.317 e. The summed E-state index contributed by atoms with van der Waals surface area (Å²) in [7, 11) is 0. The van der Waals surface area contributed by atoms with Crippen LogP contribution in [0.1, 0.15) is 40.0 Å². The highest BCUT2D eigenvalue weighted by Gasteiger charge is 2.42. The Hall–Kier alpha value is -1.79. The second kappa shape index (κ2) is 7.28. The number of hydrogen-bond acceptors (Lipinski definition) is 3. The highest BCUT2D eigenvalue weighted by Crippen LogP contribution is 2.33. The smallest absolute Gasteiger partial charge is 0.317 e. The van der Waals surface area contributed by atoms with E-state index in [0.717, 1.165) is 0 Å². The number of urea groups is 1. The van der Waals surface area contributed by atoms with Gasteiger partial charge < -0.3 is 20.6 Å². The first-order valence-corrected chi connectivity index (χ1v) is 7.36. The number of hydrogen-bond donors (Lipinski definition) is 3. The lowest BCUT2D eigenvalue weighted by molar-refractivity contribution is -0.152. The molecule has 1 aliphatic heterocycles. The fourth-order valence-corrected chi connectivity index (χ4v) is 2.56. The molecule has 1 rings (SSSR count).